The zero-order valence-corrected chi connectivity index (χ0v) is 15.1. The molecule has 2 nitrogen and oxygen atoms in total. The zero-order valence-electron chi connectivity index (χ0n) is 15.1. The number of aryl methyl sites for hydroxylation is 1. The van der Waals surface area contributed by atoms with E-state index >= 15 is 0 Å². The van der Waals surface area contributed by atoms with Crippen LogP contribution in [0.25, 0.3) is 34.3 Å². The molecule has 0 atom stereocenters. The van der Waals surface area contributed by atoms with Crippen molar-refractivity contribution in [3.05, 3.63) is 89.7 Å². The molecule has 0 saturated heterocycles. The van der Waals surface area contributed by atoms with Crippen LogP contribution in [0.1, 0.15) is 17.0 Å². The first-order chi connectivity index (χ1) is 13.4. The van der Waals surface area contributed by atoms with E-state index in [0.29, 0.717) is 5.56 Å². The van der Waals surface area contributed by atoms with Crippen molar-refractivity contribution in [2.24, 2.45) is 7.05 Å². The normalized spacial score (nSPS) is 12.1. The largest absolute Gasteiger partial charge is 0.416 e. The van der Waals surface area contributed by atoms with E-state index in [1.807, 2.05) is 48.0 Å². The molecule has 3 aromatic carbocycles. The van der Waals surface area contributed by atoms with Crippen LogP contribution in [0.3, 0.4) is 0 Å². The first-order valence-corrected chi connectivity index (χ1v) is 8.79. The van der Waals surface area contributed by atoms with Gasteiger partial charge in [-0.1, -0.05) is 54.6 Å². The molecule has 4 aromatic rings. The maximum atomic E-state index is 12.7. The van der Waals surface area contributed by atoms with Gasteiger partial charge in [0.05, 0.1) is 16.6 Å². The van der Waals surface area contributed by atoms with Gasteiger partial charge in [0.15, 0.2) is 0 Å². The predicted molar refractivity (Wildman–Crippen MR) is 107 cm³/mol. The summed E-state index contributed by atoms with van der Waals surface area (Å²) in [5.41, 5.74) is 4.11. The third-order valence-electron chi connectivity index (χ3n) is 4.69. The molecule has 0 fully saturated rings. The highest BCUT2D eigenvalue weighted by atomic mass is 19.4. The topological polar surface area (TPSA) is 17.8 Å². The number of halogens is 3. The fourth-order valence-corrected chi connectivity index (χ4v) is 3.13. The molecule has 140 valence electrons. The Bertz CT molecular complexity index is 1140. The Morgan fingerprint density at radius 1 is 0.821 bits per heavy atom. The number of hydrogen-bond donors (Lipinski definition) is 0. The van der Waals surface area contributed by atoms with E-state index < -0.39 is 11.7 Å². The second kappa shape index (κ2) is 7.00. The number of imidazole rings is 1. The van der Waals surface area contributed by atoms with E-state index in [4.69, 9.17) is 0 Å². The summed E-state index contributed by atoms with van der Waals surface area (Å²) in [5.74, 6) is 0.736. The summed E-state index contributed by atoms with van der Waals surface area (Å²) in [6.45, 7) is 0. The van der Waals surface area contributed by atoms with Crippen LogP contribution in [0.4, 0.5) is 13.2 Å². The van der Waals surface area contributed by atoms with Crippen molar-refractivity contribution in [1.82, 2.24) is 9.55 Å². The molecule has 1 heterocycles. The predicted octanol–water partition coefficient (Wildman–Crippen LogP) is 6.43. The first-order valence-electron chi connectivity index (χ1n) is 8.79. The van der Waals surface area contributed by atoms with Gasteiger partial charge in [-0.3, -0.25) is 0 Å². The van der Waals surface area contributed by atoms with Crippen molar-refractivity contribution in [1.29, 1.82) is 0 Å². The molecule has 0 amide bonds. The minimum Gasteiger partial charge on any atom is -0.328 e. The highest BCUT2D eigenvalue weighted by molar-refractivity contribution is 5.84. The molecule has 0 aliphatic heterocycles. The zero-order chi connectivity index (χ0) is 19.7. The average Bonchev–Trinajstić information content (AvgIpc) is 3.02. The fourth-order valence-electron chi connectivity index (χ4n) is 3.13. The van der Waals surface area contributed by atoms with Gasteiger partial charge in [-0.15, -0.1) is 0 Å². The minimum atomic E-state index is -4.32. The van der Waals surface area contributed by atoms with Gasteiger partial charge >= 0.3 is 6.18 Å². The summed E-state index contributed by atoms with van der Waals surface area (Å²) in [6, 6.07) is 21.3. The van der Waals surface area contributed by atoms with Crippen LogP contribution in [-0.2, 0) is 13.2 Å². The summed E-state index contributed by atoms with van der Waals surface area (Å²) in [6.07, 6.45) is -0.750. The fraction of sp³-hybridized carbons (Fsp3) is 0.0870. The molecule has 5 heteroatoms. The van der Waals surface area contributed by atoms with Crippen LogP contribution in [-0.4, -0.2) is 9.55 Å². The van der Waals surface area contributed by atoms with Gasteiger partial charge < -0.3 is 4.57 Å². The van der Waals surface area contributed by atoms with Crippen LogP contribution in [0.5, 0.6) is 0 Å². The molecule has 28 heavy (non-hydrogen) atoms. The van der Waals surface area contributed by atoms with Gasteiger partial charge in [0.25, 0.3) is 0 Å². The molecular weight excluding hydrogens is 361 g/mol. The Labute approximate surface area is 160 Å². The molecule has 0 saturated carbocycles. The number of nitrogens with zero attached hydrogens (tertiary/aromatic N) is 2. The van der Waals surface area contributed by atoms with Crippen LogP contribution in [0.15, 0.2) is 72.8 Å². The standard InChI is InChI=1S/C23H17F3N2/c1-28-21-13-10-18(17-5-3-2-4-6-17)15-20(21)27-22(28)14-9-16-7-11-19(12-8-16)23(24,25)26/h2-15H,1H3/b14-9+. The van der Waals surface area contributed by atoms with Gasteiger partial charge in [0.2, 0.25) is 0 Å². The summed E-state index contributed by atoms with van der Waals surface area (Å²) in [4.78, 5) is 4.67. The molecule has 0 aliphatic rings. The lowest BCUT2D eigenvalue weighted by Gasteiger charge is -2.05. The smallest absolute Gasteiger partial charge is 0.328 e. The van der Waals surface area contributed by atoms with Gasteiger partial charge in [-0.25, -0.2) is 4.98 Å². The quantitative estimate of drug-likeness (QED) is 0.402. The van der Waals surface area contributed by atoms with Gasteiger partial charge in [-0.05, 0) is 47.0 Å². The Kier molecular flexibility index (Phi) is 4.51. The highest BCUT2D eigenvalue weighted by Gasteiger charge is 2.29. The second-order valence-corrected chi connectivity index (χ2v) is 6.55. The number of fused-ring (bicyclic) bond motifs is 1. The number of benzene rings is 3. The summed E-state index contributed by atoms with van der Waals surface area (Å²) < 4.78 is 40.0. The van der Waals surface area contributed by atoms with Crippen LogP contribution in [0, 0.1) is 0 Å². The number of alkyl halides is 3. The third kappa shape index (κ3) is 3.56. The van der Waals surface area contributed by atoms with E-state index in [1.165, 1.54) is 12.1 Å². The van der Waals surface area contributed by atoms with Gasteiger partial charge in [0, 0.05) is 7.05 Å². The van der Waals surface area contributed by atoms with Crippen LogP contribution >= 0.6 is 0 Å². The molecule has 0 N–H and O–H groups in total. The van der Waals surface area contributed by atoms with E-state index in [9.17, 15) is 13.2 Å². The molecular formula is C23H17F3N2. The van der Waals surface area contributed by atoms with E-state index in [2.05, 4.69) is 23.2 Å². The van der Waals surface area contributed by atoms with Crippen molar-refractivity contribution < 1.29 is 13.2 Å². The molecule has 0 aliphatic carbocycles. The van der Waals surface area contributed by atoms with E-state index in [0.717, 1.165) is 40.1 Å². The lowest BCUT2D eigenvalue weighted by molar-refractivity contribution is -0.137. The molecule has 0 unspecified atom stereocenters. The van der Waals surface area contributed by atoms with Gasteiger partial charge in [-0.2, -0.15) is 13.2 Å². The molecule has 0 spiro atoms. The number of rotatable bonds is 3. The van der Waals surface area contributed by atoms with Gasteiger partial charge in [0.1, 0.15) is 5.82 Å². The van der Waals surface area contributed by atoms with Crippen LogP contribution < -0.4 is 0 Å². The van der Waals surface area contributed by atoms with Crippen molar-refractivity contribution in [2.45, 2.75) is 6.18 Å². The lowest BCUT2D eigenvalue weighted by atomic mass is 10.1. The number of hydrogen-bond acceptors (Lipinski definition) is 1. The Hall–Kier alpha value is -3.34. The Morgan fingerprint density at radius 2 is 1.54 bits per heavy atom. The van der Waals surface area contributed by atoms with Crippen molar-refractivity contribution in [2.75, 3.05) is 0 Å². The minimum absolute atomic E-state index is 0.652. The summed E-state index contributed by atoms with van der Waals surface area (Å²) in [5, 5.41) is 0. The molecule has 0 radical (unpaired) electrons. The highest BCUT2D eigenvalue weighted by Crippen LogP contribution is 2.29. The van der Waals surface area contributed by atoms with Crippen molar-refractivity contribution in [3.8, 4) is 11.1 Å². The second-order valence-electron chi connectivity index (χ2n) is 6.55. The SMILES string of the molecule is Cn1c(/C=C/c2ccc(C(F)(F)F)cc2)nc2cc(-c3ccccc3)ccc21. The van der Waals surface area contributed by atoms with E-state index in [1.54, 1.807) is 6.08 Å². The van der Waals surface area contributed by atoms with Crippen LogP contribution in [0.2, 0.25) is 0 Å². The number of aromatic nitrogens is 2. The Balaban J connectivity index is 1.64. The van der Waals surface area contributed by atoms with Crippen molar-refractivity contribution in [3.63, 3.8) is 0 Å². The first kappa shape index (κ1) is 18.0. The summed E-state index contributed by atoms with van der Waals surface area (Å²) in [7, 11) is 1.92. The Morgan fingerprint density at radius 3 is 2.21 bits per heavy atom. The molecule has 0 bridgehead atoms. The monoisotopic (exact) mass is 378 g/mol. The van der Waals surface area contributed by atoms with Crippen molar-refractivity contribution >= 4 is 23.2 Å². The van der Waals surface area contributed by atoms with E-state index in [-0.39, 0.29) is 0 Å². The molecule has 4 rings (SSSR count). The maximum absolute atomic E-state index is 12.7. The summed E-state index contributed by atoms with van der Waals surface area (Å²) >= 11 is 0. The maximum Gasteiger partial charge on any atom is 0.416 e. The average molecular weight is 378 g/mol. The molecule has 1 aromatic heterocycles. The third-order valence-corrected chi connectivity index (χ3v) is 4.69. The lowest BCUT2D eigenvalue weighted by Crippen LogP contribution is -2.03.